The summed E-state index contributed by atoms with van der Waals surface area (Å²) in [6.07, 6.45) is 3.75. The third-order valence-electron chi connectivity index (χ3n) is 7.55. The van der Waals surface area contributed by atoms with Gasteiger partial charge in [0, 0.05) is 41.2 Å². The average Bonchev–Trinajstić information content (AvgIpc) is 3.46. The summed E-state index contributed by atoms with van der Waals surface area (Å²) in [5.74, 6) is 2.15. The number of methoxy groups -OCH3 is 2. The molecule has 202 valence electrons. The predicted octanol–water partition coefficient (Wildman–Crippen LogP) is 5.02. The number of hydrogen-bond donors (Lipinski definition) is 0. The minimum Gasteiger partial charge on any atom is -0.497 e. The topological polar surface area (TPSA) is 94.5 Å². The molecule has 0 bridgehead atoms. The summed E-state index contributed by atoms with van der Waals surface area (Å²) in [6.45, 7) is 0.827. The zero-order chi connectivity index (χ0) is 27.5. The van der Waals surface area contributed by atoms with Crippen LogP contribution in [0.5, 0.6) is 34.5 Å². The van der Waals surface area contributed by atoms with E-state index in [4.69, 9.17) is 28.4 Å². The van der Waals surface area contributed by atoms with Gasteiger partial charge in [-0.25, -0.2) is 0 Å². The molecule has 4 aromatic rings. The van der Waals surface area contributed by atoms with Gasteiger partial charge in [-0.15, -0.1) is 0 Å². The van der Waals surface area contributed by atoms with Crippen molar-refractivity contribution >= 4 is 28.7 Å². The van der Waals surface area contributed by atoms with Crippen LogP contribution in [0.1, 0.15) is 39.4 Å². The highest BCUT2D eigenvalue weighted by molar-refractivity contribution is 6.15. The lowest BCUT2D eigenvalue weighted by atomic mass is 9.84. The molecule has 0 spiro atoms. The van der Waals surface area contributed by atoms with Crippen LogP contribution in [-0.4, -0.2) is 43.8 Å². The lowest BCUT2D eigenvalue weighted by Crippen LogP contribution is -2.22. The molecule has 0 saturated carbocycles. The van der Waals surface area contributed by atoms with Crippen molar-refractivity contribution in [2.24, 2.45) is 7.05 Å². The lowest BCUT2D eigenvalue weighted by molar-refractivity contribution is -0.135. The number of fused-ring (bicyclic) bond motifs is 5. The van der Waals surface area contributed by atoms with E-state index >= 15 is 0 Å². The number of carbonyl (C=O) groups excluding carboxylic acids is 2. The molecular formula is C31H25NO8. The van der Waals surface area contributed by atoms with Crippen LogP contribution < -0.4 is 28.4 Å². The first-order valence-corrected chi connectivity index (χ1v) is 12.9. The smallest absolute Gasteiger partial charge is 0.312 e. The van der Waals surface area contributed by atoms with E-state index in [-0.39, 0.29) is 23.9 Å². The van der Waals surface area contributed by atoms with Gasteiger partial charge in [-0.3, -0.25) is 9.59 Å². The third kappa shape index (κ3) is 3.69. The number of aromatic nitrogens is 1. The molecule has 4 heterocycles. The summed E-state index contributed by atoms with van der Waals surface area (Å²) in [6, 6.07) is 12.8. The lowest BCUT2D eigenvalue weighted by Gasteiger charge is -2.28. The molecule has 9 heteroatoms. The molecule has 0 saturated heterocycles. The van der Waals surface area contributed by atoms with Gasteiger partial charge >= 0.3 is 5.97 Å². The van der Waals surface area contributed by atoms with Crippen molar-refractivity contribution in [3.63, 3.8) is 0 Å². The number of esters is 1. The molecule has 1 aromatic heterocycles. The fraction of sp³-hybridized carbons (Fsp3) is 0.226. The molecule has 3 aliphatic rings. The van der Waals surface area contributed by atoms with Gasteiger partial charge in [0.25, 0.3) is 0 Å². The Morgan fingerprint density at radius 1 is 0.925 bits per heavy atom. The summed E-state index contributed by atoms with van der Waals surface area (Å²) in [4.78, 5) is 26.2. The molecule has 1 atom stereocenters. The Morgan fingerprint density at radius 3 is 2.60 bits per heavy atom. The third-order valence-corrected chi connectivity index (χ3v) is 7.55. The minimum absolute atomic E-state index is 0.0615. The summed E-state index contributed by atoms with van der Waals surface area (Å²) in [7, 11) is 5.12. The first-order valence-electron chi connectivity index (χ1n) is 12.9. The van der Waals surface area contributed by atoms with Gasteiger partial charge < -0.3 is 33.0 Å². The Hall–Kier alpha value is -4.92. The van der Waals surface area contributed by atoms with Gasteiger partial charge in [0.05, 0.1) is 26.2 Å². The van der Waals surface area contributed by atoms with Crippen molar-refractivity contribution in [1.82, 2.24) is 4.57 Å². The monoisotopic (exact) mass is 539 g/mol. The molecule has 1 unspecified atom stereocenters. The van der Waals surface area contributed by atoms with Crippen molar-refractivity contribution in [3.05, 3.63) is 76.7 Å². The van der Waals surface area contributed by atoms with Crippen molar-refractivity contribution in [1.29, 1.82) is 0 Å². The van der Waals surface area contributed by atoms with Crippen LogP contribution in [0.25, 0.3) is 17.0 Å². The fourth-order valence-corrected chi connectivity index (χ4v) is 5.67. The number of ketones is 1. The van der Waals surface area contributed by atoms with Gasteiger partial charge in [-0.2, -0.15) is 0 Å². The maximum absolute atomic E-state index is 13.6. The van der Waals surface area contributed by atoms with Crippen molar-refractivity contribution in [2.75, 3.05) is 27.4 Å². The van der Waals surface area contributed by atoms with Crippen molar-refractivity contribution in [2.45, 2.75) is 12.3 Å². The molecule has 0 radical (unpaired) electrons. The number of ether oxygens (including phenoxy) is 6. The van der Waals surface area contributed by atoms with Crippen LogP contribution in [0, 0.1) is 0 Å². The van der Waals surface area contributed by atoms with Gasteiger partial charge in [-0.05, 0) is 54.1 Å². The van der Waals surface area contributed by atoms with Crippen molar-refractivity contribution in [3.8, 4) is 34.5 Å². The molecule has 0 aliphatic carbocycles. The second-order valence-corrected chi connectivity index (χ2v) is 9.85. The predicted molar refractivity (Wildman–Crippen MR) is 145 cm³/mol. The van der Waals surface area contributed by atoms with Crippen LogP contribution in [0.3, 0.4) is 0 Å². The number of hydrogen-bond acceptors (Lipinski definition) is 8. The normalized spacial score (nSPS) is 18.3. The van der Waals surface area contributed by atoms with E-state index in [0.29, 0.717) is 58.8 Å². The number of allylic oxidation sites excluding steroid dienone is 1. The Bertz CT molecular complexity index is 1750. The van der Waals surface area contributed by atoms with E-state index in [9.17, 15) is 9.59 Å². The standard InChI is InChI=1S/C31H25NO8/c1-32-15-17(20-13-18(35-2)4-6-22(20)32)12-24-29(34)19-5-7-23-28(30(19)40-24)21(14-27(33)39-23)16-10-25(36-3)31-26(11-16)37-8-9-38-31/h4-7,10-13,15,21H,8-9,14H2,1-3H3. The SMILES string of the molecule is COc1ccc2c(c1)c(C=C1Oc3c(ccc4c3C(c3cc(OC)c5c(c3)OCCO5)CC(=O)O4)C1=O)cn2C. The van der Waals surface area contributed by atoms with E-state index < -0.39 is 5.92 Å². The molecular weight excluding hydrogens is 514 g/mol. The molecule has 40 heavy (non-hydrogen) atoms. The van der Waals surface area contributed by atoms with E-state index in [1.165, 1.54) is 0 Å². The van der Waals surface area contributed by atoms with E-state index in [1.807, 2.05) is 48.1 Å². The highest BCUT2D eigenvalue weighted by Gasteiger charge is 2.39. The average molecular weight is 540 g/mol. The molecule has 3 aromatic carbocycles. The first-order chi connectivity index (χ1) is 19.4. The maximum atomic E-state index is 13.6. The minimum atomic E-state index is -0.454. The number of nitrogens with zero attached hydrogens (tertiary/aromatic N) is 1. The van der Waals surface area contributed by atoms with Crippen molar-refractivity contribution < 1.29 is 38.0 Å². The number of Topliss-reactive ketones (excluding diaryl/α,β-unsaturated/α-hetero) is 1. The zero-order valence-electron chi connectivity index (χ0n) is 22.1. The quantitative estimate of drug-likeness (QED) is 0.203. The summed E-state index contributed by atoms with van der Waals surface area (Å²) in [5.41, 5.74) is 3.62. The van der Waals surface area contributed by atoms with Gasteiger partial charge in [0.15, 0.2) is 17.3 Å². The molecule has 0 amide bonds. The van der Waals surface area contributed by atoms with E-state index in [1.54, 1.807) is 32.4 Å². The van der Waals surface area contributed by atoms with Crippen LogP contribution >= 0.6 is 0 Å². The Morgan fingerprint density at radius 2 is 1.77 bits per heavy atom. The van der Waals surface area contributed by atoms with Crippen LogP contribution in [-0.2, 0) is 11.8 Å². The Labute approximate surface area is 229 Å². The highest BCUT2D eigenvalue weighted by Crippen LogP contribution is 2.51. The zero-order valence-corrected chi connectivity index (χ0v) is 22.1. The molecule has 0 fully saturated rings. The first kappa shape index (κ1) is 24.1. The maximum Gasteiger partial charge on any atom is 0.312 e. The fourth-order valence-electron chi connectivity index (χ4n) is 5.67. The van der Waals surface area contributed by atoms with E-state index in [2.05, 4.69) is 0 Å². The van der Waals surface area contributed by atoms with Gasteiger partial charge in [-0.1, -0.05) is 0 Å². The summed E-state index contributed by atoms with van der Waals surface area (Å²) in [5, 5.41) is 0.930. The Kier molecular flexibility index (Phi) is 5.48. The Balaban J connectivity index is 1.34. The highest BCUT2D eigenvalue weighted by atomic mass is 16.6. The molecule has 0 N–H and O–H groups in total. The summed E-state index contributed by atoms with van der Waals surface area (Å²) >= 11 is 0. The van der Waals surface area contributed by atoms with Crippen LogP contribution in [0.4, 0.5) is 0 Å². The second-order valence-electron chi connectivity index (χ2n) is 9.85. The number of carbonyl (C=O) groups is 2. The number of benzene rings is 3. The van der Waals surface area contributed by atoms with Gasteiger partial charge in [0.1, 0.15) is 30.5 Å². The molecule has 3 aliphatic heterocycles. The summed E-state index contributed by atoms with van der Waals surface area (Å²) < 4.78 is 36.4. The number of aryl methyl sites for hydroxylation is 1. The van der Waals surface area contributed by atoms with Gasteiger partial charge in [0.2, 0.25) is 11.5 Å². The molecule has 9 nitrogen and oxygen atoms in total. The van der Waals surface area contributed by atoms with Crippen LogP contribution in [0.15, 0.2) is 54.4 Å². The van der Waals surface area contributed by atoms with Crippen LogP contribution in [0.2, 0.25) is 0 Å². The van der Waals surface area contributed by atoms with E-state index in [0.717, 1.165) is 22.0 Å². The number of rotatable bonds is 4. The molecule has 7 rings (SSSR count). The largest absolute Gasteiger partial charge is 0.497 e. The second kappa shape index (κ2) is 9.08.